The van der Waals surface area contributed by atoms with Gasteiger partial charge in [-0.1, -0.05) is 25.3 Å². The van der Waals surface area contributed by atoms with E-state index in [0.717, 1.165) is 12.0 Å². The highest BCUT2D eigenvalue weighted by atomic mass is 16.1. The number of ketones is 1. The maximum atomic E-state index is 11.0. The van der Waals surface area contributed by atoms with Crippen LogP contribution in [-0.2, 0) is 4.79 Å². The molecule has 0 spiro atoms. The number of carbonyl (C=O) groups is 1. The van der Waals surface area contributed by atoms with Crippen molar-refractivity contribution in [3.63, 3.8) is 0 Å². The third kappa shape index (κ3) is 4.32. The van der Waals surface area contributed by atoms with Gasteiger partial charge in [-0.3, -0.25) is 4.79 Å². The van der Waals surface area contributed by atoms with Gasteiger partial charge in [0.15, 0.2) is 5.78 Å². The molecule has 0 aromatic heterocycles. The molecule has 1 heteroatoms. The van der Waals surface area contributed by atoms with Crippen molar-refractivity contribution in [1.29, 1.82) is 0 Å². The largest absolute Gasteiger partial charge is 0.295 e. The van der Waals surface area contributed by atoms with Crippen molar-refractivity contribution < 1.29 is 4.79 Å². The summed E-state index contributed by atoms with van der Waals surface area (Å²) in [5.41, 5.74) is 2.21. The highest BCUT2D eigenvalue weighted by Crippen LogP contribution is 2.13. The number of carbonyl (C=O) groups excluding carboxylic acids is 1. The Morgan fingerprint density at radius 3 is 2.08 bits per heavy atom. The van der Waals surface area contributed by atoms with Gasteiger partial charge in [0.05, 0.1) is 0 Å². The fourth-order valence-corrected chi connectivity index (χ4v) is 1.13. The van der Waals surface area contributed by atoms with Crippen LogP contribution in [0, 0.1) is 0 Å². The topological polar surface area (TPSA) is 17.1 Å². The summed E-state index contributed by atoms with van der Waals surface area (Å²) in [6.45, 7) is 7.81. The van der Waals surface area contributed by atoms with Crippen LogP contribution in [0.4, 0.5) is 0 Å². The average Bonchev–Trinajstić information content (AvgIpc) is 2.03. The standard InChI is InChI=1S/C11H20O/c1-5-6-7-8-9(2)10(3)11(4)12/h5-8H2,1-4H3. The first kappa shape index (κ1) is 11.4. The third-order valence-electron chi connectivity index (χ3n) is 2.32. The number of unbranched alkanes of at least 4 members (excludes halogenated alkanes) is 2. The highest BCUT2D eigenvalue weighted by Gasteiger charge is 2.00. The van der Waals surface area contributed by atoms with E-state index >= 15 is 0 Å². The van der Waals surface area contributed by atoms with Gasteiger partial charge >= 0.3 is 0 Å². The van der Waals surface area contributed by atoms with E-state index in [1.165, 1.54) is 24.8 Å². The van der Waals surface area contributed by atoms with Crippen LogP contribution in [0.25, 0.3) is 0 Å². The second-order valence-corrected chi connectivity index (χ2v) is 3.42. The van der Waals surface area contributed by atoms with Crippen LogP contribution in [0.1, 0.15) is 53.4 Å². The van der Waals surface area contributed by atoms with Crippen molar-refractivity contribution in [2.75, 3.05) is 0 Å². The Hall–Kier alpha value is -0.590. The molecule has 0 unspecified atom stereocenters. The quantitative estimate of drug-likeness (QED) is 0.453. The summed E-state index contributed by atoms with van der Waals surface area (Å²) in [4.78, 5) is 11.0. The molecule has 0 heterocycles. The zero-order chi connectivity index (χ0) is 9.56. The number of hydrogen-bond donors (Lipinski definition) is 0. The Morgan fingerprint density at radius 2 is 1.67 bits per heavy atom. The van der Waals surface area contributed by atoms with Gasteiger partial charge in [-0.05, 0) is 39.2 Å². The van der Waals surface area contributed by atoms with Crippen LogP contribution in [0.2, 0.25) is 0 Å². The van der Waals surface area contributed by atoms with Gasteiger partial charge in [0.2, 0.25) is 0 Å². The van der Waals surface area contributed by atoms with E-state index in [1.807, 2.05) is 6.92 Å². The number of allylic oxidation sites excluding steroid dienone is 2. The Kier molecular flexibility index (Phi) is 5.69. The van der Waals surface area contributed by atoms with Crippen molar-refractivity contribution >= 4 is 5.78 Å². The zero-order valence-corrected chi connectivity index (χ0v) is 8.74. The molecule has 0 amide bonds. The summed E-state index contributed by atoms with van der Waals surface area (Å²) in [6.07, 6.45) is 4.81. The maximum absolute atomic E-state index is 11.0. The molecular weight excluding hydrogens is 148 g/mol. The normalized spacial score (nSPS) is 12.7. The predicted octanol–water partition coefficient (Wildman–Crippen LogP) is 3.49. The summed E-state index contributed by atoms with van der Waals surface area (Å²) in [7, 11) is 0. The van der Waals surface area contributed by atoms with Crippen LogP contribution < -0.4 is 0 Å². The first-order chi connectivity index (χ1) is 5.59. The van der Waals surface area contributed by atoms with Gasteiger partial charge in [0.25, 0.3) is 0 Å². The minimum Gasteiger partial charge on any atom is -0.295 e. The molecule has 70 valence electrons. The van der Waals surface area contributed by atoms with Gasteiger partial charge in [-0.15, -0.1) is 0 Å². The van der Waals surface area contributed by atoms with Gasteiger partial charge in [-0.2, -0.15) is 0 Å². The molecule has 0 aliphatic heterocycles. The first-order valence-electron chi connectivity index (χ1n) is 4.76. The molecule has 0 saturated carbocycles. The molecule has 0 aliphatic rings. The van der Waals surface area contributed by atoms with E-state index in [1.54, 1.807) is 6.92 Å². The fraction of sp³-hybridized carbons (Fsp3) is 0.727. The SMILES string of the molecule is CCCCCC(C)=C(C)C(C)=O. The van der Waals surface area contributed by atoms with Crippen molar-refractivity contribution in [2.24, 2.45) is 0 Å². The summed E-state index contributed by atoms with van der Waals surface area (Å²) in [6, 6.07) is 0. The Balaban J connectivity index is 3.91. The van der Waals surface area contributed by atoms with E-state index in [4.69, 9.17) is 0 Å². The van der Waals surface area contributed by atoms with E-state index in [-0.39, 0.29) is 5.78 Å². The molecule has 12 heavy (non-hydrogen) atoms. The molecule has 0 aliphatic carbocycles. The second-order valence-electron chi connectivity index (χ2n) is 3.42. The lowest BCUT2D eigenvalue weighted by molar-refractivity contribution is -0.113. The molecule has 0 radical (unpaired) electrons. The van der Waals surface area contributed by atoms with Gasteiger partial charge in [-0.25, -0.2) is 0 Å². The maximum Gasteiger partial charge on any atom is 0.155 e. The molecule has 0 atom stereocenters. The lowest BCUT2D eigenvalue weighted by atomic mass is 10.0. The molecular formula is C11H20O. The van der Waals surface area contributed by atoms with E-state index < -0.39 is 0 Å². The lowest BCUT2D eigenvalue weighted by Crippen LogP contribution is -1.95. The highest BCUT2D eigenvalue weighted by molar-refractivity contribution is 5.93. The molecule has 1 nitrogen and oxygen atoms in total. The minimum absolute atomic E-state index is 0.212. The summed E-state index contributed by atoms with van der Waals surface area (Å²) in [5, 5.41) is 0. The number of hydrogen-bond acceptors (Lipinski definition) is 1. The van der Waals surface area contributed by atoms with Crippen molar-refractivity contribution in [3.05, 3.63) is 11.1 Å². The monoisotopic (exact) mass is 168 g/mol. The zero-order valence-electron chi connectivity index (χ0n) is 8.74. The van der Waals surface area contributed by atoms with Crippen LogP contribution in [0.15, 0.2) is 11.1 Å². The summed E-state index contributed by atoms with van der Waals surface area (Å²) >= 11 is 0. The van der Waals surface area contributed by atoms with Gasteiger partial charge in [0.1, 0.15) is 0 Å². The van der Waals surface area contributed by atoms with Crippen molar-refractivity contribution in [2.45, 2.75) is 53.4 Å². The van der Waals surface area contributed by atoms with Gasteiger partial charge in [0, 0.05) is 0 Å². The van der Waals surface area contributed by atoms with Crippen LogP contribution in [-0.4, -0.2) is 5.78 Å². The first-order valence-corrected chi connectivity index (χ1v) is 4.76. The molecule has 0 saturated heterocycles. The fourth-order valence-electron chi connectivity index (χ4n) is 1.13. The second kappa shape index (κ2) is 5.99. The van der Waals surface area contributed by atoms with Gasteiger partial charge < -0.3 is 0 Å². The van der Waals surface area contributed by atoms with E-state index in [2.05, 4.69) is 13.8 Å². The predicted molar refractivity (Wildman–Crippen MR) is 53.2 cm³/mol. The van der Waals surface area contributed by atoms with Crippen molar-refractivity contribution in [3.8, 4) is 0 Å². The molecule has 0 aromatic rings. The molecule has 0 N–H and O–H groups in total. The Labute approximate surface area is 75.9 Å². The number of rotatable bonds is 5. The van der Waals surface area contributed by atoms with E-state index in [9.17, 15) is 4.79 Å². The van der Waals surface area contributed by atoms with Crippen LogP contribution in [0.5, 0.6) is 0 Å². The number of Topliss-reactive ketones (excluding diaryl/α,β-unsaturated/α-hetero) is 1. The molecule has 0 rings (SSSR count). The van der Waals surface area contributed by atoms with Crippen LogP contribution >= 0.6 is 0 Å². The molecule has 0 aromatic carbocycles. The smallest absolute Gasteiger partial charge is 0.155 e. The lowest BCUT2D eigenvalue weighted by Gasteiger charge is -2.03. The Morgan fingerprint density at radius 1 is 1.08 bits per heavy atom. The summed E-state index contributed by atoms with van der Waals surface area (Å²) in [5.74, 6) is 0.212. The van der Waals surface area contributed by atoms with Crippen LogP contribution in [0.3, 0.4) is 0 Å². The third-order valence-corrected chi connectivity index (χ3v) is 2.32. The average molecular weight is 168 g/mol. The minimum atomic E-state index is 0.212. The Bertz CT molecular complexity index is 177. The summed E-state index contributed by atoms with van der Waals surface area (Å²) < 4.78 is 0. The van der Waals surface area contributed by atoms with Crippen molar-refractivity contribution in [1.82, 2.24) is 0 Å². The van der Waals surface area contributed by atoms with E-state index in [0.29, 0.717) is 0 Å². The molecule has 0 bridgehead atoms. The molecule has 0 fully saturated rings.